The highest BCUT2D eigenvalue weighted by molar-refractivity contribution is 6.33. The van der Waals surface area contributed by atoms with Gasteiger partial charge in [-0.25, -0.2) is 4.39 Å². The molecule has 0 aromatic heterocycles. The van der Waals surface area contributed by atoms with Crippen LogP contribution in [0.3, 0.4) is 0 Å². The number of rotatable bonds is 2. The van der Waals surface area contributed by atoms with E-state index in [1.54, 1.807) is 6.07 Å². The molecule has 2 rings (SSSR count). The Kier molecular flexibility index (Phi) is 3.15. The highest BCUT2D eigenvalue weighted by atomic mass is 35.5. The summed E-state index contributed by atoms with van der Waals surface area (Å²) in [5, 5.41) is 3.84. The molecule has 82 valence electrons. The molecule has 1 aromatic carbocycles. The molecular weight excluding hydrogens is 213 g/mol. The summed E-state index contributed by atoms with van der Waals surface area (Å²) >= 11 is 5.94. The molecule has 0 radical (unpaired) electrons. The molecule has 0 bridgehead atoms. The predicted molar refractivity (Wildman–Crippen MR) is 61.8 cm³/mol. The summed E-state index contributed by atoms with van der Waals surface area (Å²) in [6.07, 6.45) is 3.61. The quantitative estimate of drug-likeness (QED) is 0.803. The zero-order chi connectivity index (χ0) is 10.8. The molecule has 1 saturated carbocycles. The van der Waals surface area contributed by atoms with Crippen LogP contribution < -0.4 is 5.32 Å². The van der Waals surface area contributed by atoms with Crippen molar-refractivity contribution < 1.29 is 4.39 Å². The summed E-state index contributed by atoms with van der Waals surface area (Å²) in [7, 11) is 0. The fraction of sp³-hybridized carbons (Fsp3) is 0.500. The molecule has 0 aliphatic heterocycles. The van der Waals surface area contributed by atoms with Crippen LogP contribution in [0.2, 0.25) is 5.02 Å². The van der Waals surface area contributed by atoms with Gasteiger partial charge in [-0.05, 0) is 43.4 Å². The van der Waals surface area contributed by atoms with E-state index >= 15 is 0 Å². The van der Waals surface area contributed by atoms with Crippen LogP contribution >= 0.6 is 11.6 Å². The van der Waals surface area contributed by atoms with Crippen LogP contribution in [0.25, 0.3) is 0 Å². The SMILES string of the molecule is CC1CCC(Nc2ccc(F)cc2Cl)C1. The smallest absolute Gasteiger partial charge is 0.124 e. The number of anilines is 1. The van der Waals surface area contributed by atoms with E-state index in [1.165, 1.54) is 31.4 Å². The molecule has 2 unspecified atom stereocenters. The second-order valence-corrected chi connectivity index (χ2v) is 4.79. The van der Waals surface area contributed by atoms with Crippen LogP contribution in [-0.2, 0) is 0 Å². The Bertz CT molecular complexity index is 353. The van der Waals surface area contributed by atoms with Gasteiger partial charge in [0.25, 0.3) is 0 Å². The predicted octanol–water partition coefficient (Wildman–Crippen LogP) is 4.08. The first-order valence-corrected chi connectivity index (χ1v) is 5.74. The van der Waals surface area contributed by atoms with Crippen molar-refractivity contribution in [1.82, 2.24) is 0 Å². The van der Waals surface area contributed by atoms with E-state index in [0.29, 0.717) is 11.1 Å². The summed E-state index contributed by atoms with van der Waals surface area (Å²) in [6, 6.07) is 4.98. The van der Waals surface area contributed by atoms with Gasteiger partial charge in [-0.2, -0.15) is 0 Å². The van der Waals surface area contributed by atoms with Crippen molar-refractivity contribution in [2.75, 3.05) is 5.32 Å². The van der Waals surface area contributed by atoms with Crippen LogP contribution in [0.15, 0.2) is 18.2 Å². The third kappa shape index (κ3) is 2.63. The summed E-state index contributed by atoms with van der Waals surface area (Å²) in [5.74, 6) is 0.493. The third-order valence-electron chi connectivity index (χ3n) is 2.99. The fourth-order valence-electron chi connectivity index (χ4n) is 2.16. The van der Waals surface area contributed by atoms with E-state index in [4.69, 9.17) is 11.6 Å². The first-order valence-electron chi connectivity index (χ1n) is 5.37. The number of nitrogens with one attached hydrogen (secondary N) is 1. The van der Waals surface area contributed by atoms with Gasteiger partial charge < -0.3 is 5.32 Å². The lowest BCUT2D eigenvalue weighted by Crippen LogP contribution is -2.15. The first kappa shape index (κ1) is 10.7. The van der Waals surface area contributed by atoms with E-state index in [9.17, 15) is 4.39 Å². The molecule has 2 atom stereocenters. The number of hydrogen-bond acceptors (Lipinski definition) is 1. The van der Waals surface area contributed by atoms with Crippen molar-refractivity contribution in [3.8, 4) is 0 Å². The average Bonchev–Trinajstić information content (AvgIpc) is 2.56. The number of hydrogen-bond donors (Lipinski definition) is 1. The van der Waals surface area contributed by atoms with Crippen molar-refractivity contribution in [2.45, 2.75) is 32.2 Å². The number of halogens is 2. The molecule has 0 heterocycles. The van der Waals surface area contributed by atoms with E-state index in [2.05, 4.69) is 12.2 Å². The molecule has 1 nitrogen and oxygen atoms in total. The minimum absolute atomic E-state index is 0.287. The van der Waals surface area contributed by atoms with Crippen molar-refractivity contribution in [3.63, 3.8) is 0 Å². The normalized spacial score (nSPS) is 25.5. The van der Waals surface area contributed by atoms with Crippen LogP contribution in [0, 0.1) is 11.7 Å². The maximum Gasteiger partial charge on any atom is 0.124 e. The lowest BCUT2D eigenvalue weighted by molar-refractivity contribution is 0.602. The minimum atomic E-state index is -0.287. The molecule has 0 spiro atoms. The largest absolute Gasteiger partial charge is 0.381 e. The standard InChI is InChI=1S/C12H15ClFN/c1-8-2-4-10(6-8)15-12-5-3-9(14)7-11(12)13/h3,5,7-8,10,15H,2,4,6H2,1H3. The minimum Gasteiger partial charge on any atom is -0.381 e. The van der Waals surface area contributed by atoms with Gasteiger partial charge in [-0.15, -0.1) is 0 Å². The zero-order valence-corrected chi connectivity index (χ0v) is 9.52. The highest BCUT2D eigenvalue weighted by Crippen LogP contribution is 2.30. The van der Waals surface area contributed by atoms with Gasteiger partial charge in [0.1, 0.15) is 5.82 Å². The van der Waals surface area contributed by atoms with E-state index < -0.39 is 0 Å². The second-order valence-electron chi connectivity index (χ2n) is 4.38. The second kappa shape index (κ2) is 4.40. The summed E-state index contributed by atoms with van der Waals surface area (Å²) < 4.78 is 12.8. The van der Waals surface area contributed by atoms with Crippen molar-refractivity contribution in [2.24, 2.45) is 5.92 Å². The fourth-order valence-corrected chi connectivity index (χ4v) is 2.39. The molecule has 1 fully saturated rings. The Morgan fingerprint density at radius 2 is 2.20 bits per heavy atom. The highest BCUT2D eigenvalue weighted by Gasteiger charge is 2.21. The Hall–Kier alpha value is -0.760. The van der Waals surface area contributed by atoms with E-state index in [0.717, 1.165) is 11.6 Å². The van der Waals surface area contributed by atoms with Gasteiger partial charge >= 0.3 is 0 Å². The summed E-state index contributed by atoms with van der Waals surface area (Å²) in [4.78, 5) is 0. The van der Waals surface area contributed by atoms with Crippen molar-refractivity contribution >= 4 is 17.3 Å². The van der Waals surface area contributed by atoms with Crippen LogP contribution in [0.5, 0.6) is 0 Å². The molecule has 3 heteroatoms. The molecule has 0 saturated heterocycles. The van der Waals surface area contributed by atoms with Gasteiger partial charge in [0, 0.05) is 6.04 Å². The molecule has 1 aromatic rings. The van der Waals surface area contributed by atoms with Gasteiger partial charge in [0.05, 0.1) is 10.7 Å². The molecule has 15 heavy (non-hydrogen) atoms. The maximum absolute atomic E-state index is 12.8. The lowest BCUT2D eigenvalue weighted by atomic mass is 10.1. The first-order chi connectivity index (χ1) is 7.15. The Morgan fingerprint density at radius 1 is 1.40 bits per heavy atom. The van der Waals surface area contributed by atoms with E-state index in [1.807, 2.05) is 0 Å². The van der Waals surface area contributed by atoms with Crippen LogP contribution in [-0.4, -0.2) is 6.04 Å². The average molecular weight is 228 g/mol. The molecule has 0 amide bonds. The molecular formula is C12H15ClFN. The van der Waals surface area contributed by atoms with Crippen LogP contribution in [0.4, 0.5) is 10.1 Å². The van der Waals surface area contributed by atoms with Gasteiger partial charge in [0.15, 0.2) is 0 Å². The summed E-state index contributed by atoms with van der Waals surface area (Å²) in [5.41, 5.74) is 0.845. The van der Waals surface area contributed by atoms with Crippen LogP contribution in [0.1, 0.15) is 26.2 Å². The Balaban J connectivity index is 2.04. The zero-order valence-electron chi connectivity index (χ0n) is 8.76. The monoisotopic (exact) mass is 227 g/mol. The molecule has 1 aliphatic carbocycles. The van der Waals surface area contributed by atoms with E-state index in [-0.39, 0.29) is 5.82 Å². The Morgan fingerprint density at radius 3 is 2.80 bits per heavy atom. The van der Waals surface area contributed by atoms with Gasteiger partial charge in [-0.3, -0.25) is 0 Å². The summed E-state index contributed by atoms with van der Waals surface area (Å²) in [6.45, 7) is 2.26. The third-order valence-corrected chi connectivity index (χ3v) is 3.30. The Labute approximate surface area is 94.6 Å². The van der Waals surface area contributed by atoms with Gasteiger partial charge in [-0.1, -0.05) is 18.5 Å². The van der Waals surface area contributed by atoms with Crippen molar-refractivity contribution in [1.29, 1.82) is 0 Å². The molecule has 1 aliphatic rings. The van der Waals surface area contributed by atoms with Gasteiger partial charge in [0.2, 0.25) is 0 Å². The number of benzene rings is 1. The topological polar surface area (TPSA) is 12.0 Å². The van der Waals surface area contributed by atoms with Crippen molar-refractivity contribution in [3.05, 3.63) is 29.0 Å². The molecule has 1 N–H and O–H groups in total. The lowest BCUT2D eigenvalue weighted by Gasteiger charge is -2.15. The maximum atomic E-state index is 12.8.